The highest BCUT2D eigenvalue weighted by molar-refractivity contribution is 6.30. The van der Waals surface area contributed by atoms with E-state index in [9.17, 15) is 4.79 Å². The number of halogens is 1. The summed E-state index contributed by atoms with van der Waals surface area (Å²) in [6.45, 7) is 6.90. The first kappa shape index (κ1) is 19.9. The van der Waals surface area contributed by atoms with Gasteiger partial charge < -0.3 is 10.6 Å². The van der Waals surface area contributed by atoms with Gasteiger partial charge in [-0.05, 0) is 68.2 Å². The molecule has 4 nitrogen and oxygen atoms in total. The Bertz CT molecular complexity index is 754. The monoisotopic (exact) mass is 385 g/mol. The van der Waals surface area contributed by atoms with Gasteiger partial charge in [0.1, 0.15) is 0 Å². The third-order valence-electron chi connectivity index (χ3n) is 5.10. The van der Waals surface area contributed by atoms with E-state index in [-0.39, 0.29) is 11.9 Å². The molecule has 5 heteroatoms. The van der Waals surface area contributed by atoms with E-state index in [1.54, 1.807) is 0 Å². The second kappa shape index (κ2) is 9.36. The van der Waals surface area contributed by atoms with Crippen molar-refractivity contribution in [1.82, 2.24) is 10.2 Å². The second-order valence-electron chi connectivity index (χ2n) is 7.37. The zero-order chi connectivity index (χ0) is 19.2. The maximum atomic E-state index is 11.3. The van der Waals surface area contributed by atoms with Gasteiger partial charge >= 0.3 is 0 Å². The van der Waals surface area contributed by atoms with E-state index in [1.807, 2.05) is 24.3 Å². The van der Waals surface area contributed by atoms with E-state index in [0.717, 1.165) is 43.2 Å². The summed E-state index contributed by atoms with van der Waals surface area (Å²) in [7, 11) is 0. The minimum Gasteiger partial charge on any atom is -0.326 e. The molecule has 27 heavy (non-hydrogen) atoms. The molecule has 2 N–H and O–H groups in total. The molecule has 0 radical (unpaired) electrons. The minimum atomic E-state index is -0.0409. The molecular weight excluding hydrogens is 358 g/mol. The number of nitrogens with zero attached hydrogens (tertiary/aromatic N) is 1. The van der Waals surface area contributed by atoms with Gasteiger partial charge in [0.25, 0.3) is 0 Å². The quantitative estimate of drug-likeness (QED) is 0.762. The Morgan fingerprint density at radius 1 is 1.19 bits per heavy atom. The maximum Gasteiger partial charge on any atom is 0.221 e. The van der Waals surface area contributed by atoms with Gasteiger partial charge in [-0.1, -0.05) is 35.9 Å². The first-order valence-corrected chi connectivity index (χ1v) is 9.98. The van der Waals surface area contributed by atoms with E-state index in [1.165, 1.54) is 18.1 Å². The van der Waals surface area contributed by atoms with Crippen LogP contribution in [0, 0.1) is 0 Å². The van der Waals surface area contributed by atoms with Crippen LogP contribution < -0.4 is 10.6 Å². The molecule has 0 saturated carbocycles. The van der Waals surface area contributed by atoms with Crippen molar-refractivity contribution in [3.63, 3.8) is 0 Å². The highest BCUT2D eigenvalue weighted by Crippen LogP contribution is 2.21. The average molecular weight is 386 g/mol. The number of carbonyl (C=O) groups excluding carboxylic acids is 1. The summed E-state index contributed by atoms with van der Waals surface area (Å²) in [6.07, 6.45) is 2.28. The molecule has 2 aromatic rings. The van der Waals surface area contributed by atoms with E-state index >= 15 is 0 Å². The zero-order valence-electron chi connectivity index (χ0n) is 16.0. The first-order valence-electron chi connectivity index (χ1n) is 9.60. The lowest BCUT2D eigenvalue weighted by Crippen LogP contribution is -2.42. The van der Waals surface area contributed by atoms with Crippen molar-refractivity contribution in [2.24, 2.45) is 0 Å². The van der Waals surface area contributed by atoms with Gasteiger partial charge in [0.05, 0.1) is 0 Å². The lowest BCUT2D eigenvalue weighted by atomic mass is 10.0. The molecule has 0 unspecified atom stereocenters. The first-order chi connectivity index (χ1) is 13.0. The van der Waals surface area contributed by atoms with Crippen LogP contribution in [-0.2, 0) is 11.3 Å². The van der Waals surface area contributed by atoms with Gasteiger partial charge in [-0.25, -0.2) is 0 Å². The van der Waals surface area contributed by atoms with Crippen LogP contribution in [0.15, 0.2) is 48.5 Å². The largest absolute Gasteiger partial charge is 0.326 e. The normalized spacial score (nSPS) is 16.9. The molecule has 1 heterocycles. The number of rotatable bonds is 6. The Balaban J connectivity index is 1.48. The molecule has 1 aliphatic heterocycles. The van der Waals surface area contributed by atoms with Gasteiger partial charge in [0.15, 0.2) is 0 Å². The van der Waals surface area contributed by atoms with Crippen LogP contribution in [0.3, 0.4) is 0 Å². The Kier molecular flexibility index (Phi) is 6.89. The molecule has 0 aromatic heterocycles. The molecular formula is C22H28ClN3O. The van der Waals surface area contributed by atoms with Crippen molar-refractivity contribution in [2.75, 3.05) is 18.4 Å². The van der Waals surface area contributed by atoms with Gasteiger partial charge in [-0.2, -0.15) is 0 Å². The zero-order valence-corrected chi connectivity index (χ0v) is 16.8. The predicted octanol–water partition coefficient (Wildman–Crippen LogP) is 4.61. The molecule has 2 aromatic carbocycles. The molecule has 1 amide bonds. The lowest BCUT2D eigenvalue weighted by Gasteiger charge is -2.34. The van der Waals surface area contributed by atoms with Crippen LogP contribution in [-0.4, -0.2) is 29.9 Å². The van der Waals surface area contributed by atoms with Gasteiger partial charge in [-0.3, -0.25) is 9.69 Å². The van der Waals surface area contributed by atoms with Crippen molar-refractivity contribution in [3.8, 4) is 0 Å². The number of carbonyl (C=O) groups is 1. The Morgan fingerprint density at radius 2 is 1.89 bits per heavy atom. The van der Waals surface area contributed by atoms with Crippen molar-refractivity contribution in [3.05, 3.63) is 64.7 Å². The number of hydrogen-bond acceptors (Lipinski definition) is 3. The SMILES string of the molecule is CC(=O)Nc1cccc([C@@H](C)NC2CCN(Cc3ccc(Cl)cc3)CC2)c1. The maximum absolute atomic E-state index is 11.3. The summed E-state index contributed by atoms with van der Waals surface area (Å²) in [5.74, 6) is -0.0409. The fourth-order valence-electron chi connectivity index (χ4n) is 3.64. The molecule has 1 aliphatic rings. The third kappa shape index (κ3) is 6.06. The van der Waals surface area contributed by atoms with E-state index in [0.29, 0.717) is 6.04 Å². The summed E-state index contributed by atoms with van der Waals surface area (Å²) >= 11 is 5.96. The molecule has 0 aliphatic carbocycles. The predicted molar refractivity (Wildman–Crippen MR) is 112 cm³/mol. The number of benzene rings is 2. The molecule has 1 fully saturated rings. The summed E-state index contributed by atoms with van der Waals surface area (Å²) in [5.41, 5.74) is 3.37. The van der Waals surface area contributed by atoms with Crippen LogP contribution in [0.1, 0.15) is 43.9 Å². The summed E-state index contributed by atoms with van der Waals surface area (Å²) in [4.78, 5) is 13.8. The molecule has 1 saturated heterocycles. The summed E-state index contributed by atoms with van der Waals surface area (Å²) in [6, 6.07) is 17.0. The van der Waals surface area contributed by atoms with Crippen molar-refractivity contribution < 1.29 is 4.79 Å². The number of amides is 1. The highest BCUT2D eigenvalue weighted by Gasteiger charge is 2.21. The van der Waals surface area contributed by atoms with Crippen molar-refractivity contribution in [1.29, 1.82) is 0 Å². The number of anilines is 1. The molecule has 0 spiro atoms. The standard InChI is InChI=1S/C22H28ClN3O/c1-16(19-4-3-5-22(14-19)25-17(2)27)24-21-10-12-26(13-11-21)15-18-6-8-20(23)9-7-18/h3-9,14,16,21,24H,10-13,15H2,1-2H3,(H,25,27)/t16-/m1/s1. The van der Waals surface area contributed by atoms with Gasteiger partial charge in [-0.15, -0.1) is 0 Å². The second-order valence-corrected chi connectivity index (χ2v) is 7.81. The molecule has 1 atom stereocenters. The van der Waals surface area contributed by atoms with E-state index < -0.39 is 0 Å². The van der Waals surface area contributed by atoms with Crippen LogP contribution >= 0.6 is 11.6 Å². The van der Waals surface area contributed by atoms with Crippen LogP contribution in [0.4, 0.5) is 5.69 Å². The smallest absolute Gasteiger partial charge is 0.221 e. The van der Waals surface area contributed by atoms with Crippen LogP contribution in [0.25, 0.3) is 0 Å². The average Bonchev–Trinajstić information content (AvgIpc) is 2.65. The number of likely N-dealkylation sites (tertiary alicyclic amines) is 1. The number of piperidine rings is 1. The fraction of sp³-hybridized carbons (Fsp3) is 0.409. The van der Waals surface area contributed by atoms with Gasteiger partial charge in [0.2, 0.25) is 5.91 Å². The van der Waals surface area contributed by atoms with Gasteiger partial charge in [0, 0.05) is 36.3 Å². The highest BCUT2D eigenvalue weighted by atomic mass is 35.5. The molecule has 3 rings (SSSR count). The summed E-state index contributed by atoms with van der Waals surface area (Å²) in [5, 5.41) is 7.40. The minimum absolute atomic E-state index is 0.0409. The number of hydrogen-bond donors (Lipinski definition) is 2. The summed E-state index contributed by atoms with van der Waals surface area (Å²) < 4.78 is 0. The Hall–Kier alpha value is -1.88. The Morgan fingerprint density at radius 3 is 2.56 bits per heavy atom. The van der Waals surface area contributed by atoms with Crippen molar-refractivity contribution in [2.45, 2.75) is 45.3 Å². The van der Waals surface area contributed by atoms with E-state index in [4.69, 9.17) is 11.6 Å². The molecule has 144 valence electrons. The topological polar surface area (TPSA) is 44.4 Å². The number of nitrogens with one attached hydrogen (secondary N) is 2. The fourth-order valence-corrected chi connectivity index (χ4v) is 3.77. The Labute approximate surface area is 166 Å². The van der Waals surface area contributed by atoms with Crippen LogP contribution in [0.2, 0.25) is 5.02 Å². The molecule has 0 bridgehead atoms. The lowest BCUT2D eigenvalue weighted by molar-refractivity contribution is -0.114. The van der Waals surface area contributed by atoms with E-state index in [2.05, 4.69) is 46.7 Å². The van der Waals surface area contributed by atoms with Crippen LogP contribution in [0.5, 0.6) is 0 Å². The third-order valence-corrected chi connectivity index (χ3v) is 5.35. The van der Waals surface area contributed by atoms with Crippen molar-refractivity contribution >= 4 is 23.2 Å².